The van der Waals surface area contributed by atoms with Gasteiger partial charge in [-0.25, -0.2) is 14.1 Å². The van der Waals surface area contributed by atoms with E-state index in [1.165, 1.54) is 24.0 Å². The molecule has 162 valence electrons. The van der Waals surface area contributed by atoms with Crippen LogP contribution in [0.3, 0.4) is 0 Å². The van der Waals surface area contributed by atoms with Crippen LogP contribution in [-0.2, 0) is 4.79 Å². The van der Waals surface area contributed by atoms with E-state index in [0.29, 0.717) is 33.2 Å². The number of amides is 1. The van der Waals surface area contributed by atoms with Crippen molar-refractivity contribution in [2.45, 2.75) is 31.5 Å². The van der Waals surface area contributed by atoms with Crippen LogP contribution in [0.15, 0.2) is 58.6 Å². The summed E-state index contributed by atoms with van der Waals surface area (Å²) in [6.07, 6.45) is 1.61. The Morgan fingerprint density at radius 1 is 1.22 bits per heavy atom. The molecule has 0 aliphatic carbocycles. The molecule has 1 aliphatic rings. The maximum atomic E-state index is 13.8. The monoisotopic (exact) mass is 449 g/mol. The molecular formula is C23H20FN5O2S. The van der Waals surface area contributed by atoms with E-state index in [4.69, 9.17) is 0 Å². The zero-order chi connectivity index (χ0) is 22.4. The number of fused-ring (bicyclic) bond motifs is 2. The van der Waals surface area contributed by atoms with Crippen LogP contribution in [0.2, 0.25) is 0 Å². The summed E-state index contributed by atoms with van der Waals surface area (Å²) in [5.74, 6) is -0.102. The fourth-order valence-corrected chi connectivity index (χ4v) is 4.88. The van der Waals surface area contributed by atoms with Gasteiger partial charge in [0.25, 0.3) is 5.56 Å². The summed E-state index contributed by atoms with van der Waals surface area (Å²) in [7, 11) is 0. The quantitative estimate of drug-likeness (QED) is 0.476. The minimum Gasteiger partial charge on any atom is -0.326 e. The van der Waals surface area contributed by atoms with Gasteiger partial charge in [-0.3, -0.25) is 14.2 Å². The molecule has 1 unspecified atom stereocenters. The van der Waals surface area contributed by atoms with Crippen molar-refractivity contribution in [1.82, 2.24) is 19.3 Å². The van der Waals surface area contributed by atoms with Crippen molar-refractivity contribution in [3.8, 4) is 5.69 Å². The Labute approximate surface area is 187 Å². The van der Waals surface area contributed by atoms with Crippen molar-refractivity contribution < 1.29 is 9.18 Å². The van der Waals surface area contributed by atoms with Gasteiger partial charge in [0.05, 0.1) is 17.9 Å². The lowest BCUT2D eigenvalue weighted by atomic mass is 10.2. The fraction of sp³-hybridized carbons (Fsp3) is 0.217. The van der Waals surface area contributed by atoms with Crippen LogP contribution >= 0.6 is 11.8 Å². The molecule has 1 atom stereocenters. The lowest BCUT2D eigenvalue weighted by Crippen LogP contribution is -2.27. The topological polar surface area (TPSA) is 81.8 Å². The number of hydrogen-bond acceptors (Lipinski definition) is 5. The zero-order valence-electron chi connectivity index (χ0n) is 17.5. The number of hydrogen-bond donors (Lipinski definition) is 1. The molecule has 0 saturated heterocycles. The third kappa shape index (κ3) is 3.58. The summed E-state index contributed by atoms with van der Waals surface area (Å²) < 4.78 is 17.0. The van der Waals surface area contributed by atoms with E-state index in [2.05, 4.69) is 15.4 Å². The predicted molar refractivity (Wildman–Crippen MR) is 122 cm³/mol. The van der Waals surface area contributed by atoms with E-state index in [0.717, 1.165) is 11.3 Å². The number of rotatable bonds is 4. The predicted octanol–water partition coefficient (Wildman–Crippen LogP) is 4.01. The second kappa shape index (κ2) is 7.90. The molecule has 1 N–H and O–H groups in total. The number of thioether (sulfide) groups is 1. The molecule has 3 heterocycles. The van der Waals surface area contributed by atoms with Crippen LogP contribution in [-0.4, -0.2) is 31.0 Å². The summed E-state index contributed by atoms with van der Waals surface area (Å²) in [5, 5.41) is 8.06. The minimum atomic E-state index is -0.377. The number of benzene rings is 2. The van der Waals surface area contributed by atoms with Gasteiger partial charge in [-0.05, 0) is 43.7 Å². The van der Waals surface area contributed by atoms with Crippen molar-refractivity contribution in [3.63, 3.8) is 0 Å². The van der Waals surface area contributed by atoms with Crippen molar-refractivity contribution in [2.24, 2.45) is 0 Å². The largest absolute Gasteiger partial charge is 0.326 e. The molecule has 0 fully saturated rings. The lowest BCUT2D eigenvalue weighted by molar-refractivity contribution is -0.116. The highest BCUT2D eigenvalue weighted by Gasteiger charge is 2.29. The summed E-state index contributed by atoms with van der Waals surface area (Å²) in [5.41, 5.74) is 3.14. The Hall–Kier alpha value is -3.46. The summed E-state index contributed by atoms with van der Waals surface area (Å²) in [6.45, 7) is 3.67. The molecule has 1 amide bonds. The molecule has 0 spiro atoms. The van der Waals surface area contributed by atoms with E-state index in [1.54, 1.807) is 28.3 Å². The molecular weight excluding hydrogens is 429 g/mol. The normalized spacial score (nSPS) is 15.2. The number of carbonyl (C=O) groups is 1. The summed E-state index contributed by atoms with van der Waals surface area (Å²) in [6, 6.07) is 12.1. The number of anilines is 1. The van der Waals surface area contributed by atoms with E-state index in [1.807, 2.05) is 31.2 Å². The van der Waals surface area contributed by atoms with Gasteiger partial charge in [0.1, 0.15) is 11.2 Å². The molecule has 0 bridgehead atoms. The van der Waals surface area contributed by atoms with Gasteiger partial charge < -0.3 is 5.32 Å². The second-order valence-electron chi connectivity index (χ2n) is 7.88. The highest BCUT2D eigenvalue weighted by Crippen LogP contribution is 2.33. The first-order chi connectivity index (χ1) is 15.4. The van der Waals surface area contributed by atoms with E-state index in [9.17, 15) is 14.0 Å². The number of nitrogens with zero attached hydrogens (tertiary/aromatic N) is 4. The molecule has 0 radical (unpaired) electrons. The fourth-order valence-electron chi connectivity index (χ4n) is 3.75. The van der Waals surface area contributed by atoms with Gasteiger partial charge in [0.15, 0.2) is 10.8 Å². The van der Waals surface area contributed by atoms with E-state index < -0.39 is 0 Å². The second-order valence-corrected chi connectivity index (χ2v) is 8.87. The Kier molecular flexibility index (Phi) is 5.05. The third-order valence-electron chi connectivity index (χ3n) is 5.53. The number of nitrogens with one attached hydrogen (secondary N) is 1. The summed E-state index contributed by atoms with van der Waals surface area (Å²) >= 11 is 1.44. The molecule has 2 aromatic carbocycles. The van der Waals surface area contributed by atoms with Crippen LogP contribution in [0.5, 0.6) is 0 Å². The van der Waals surface area contributed by atoms with Gasteiger partial charge in [0.2, 0.25) is 5.91 Å². The smallest absolute Gasteiger partial charge is 0.265 e. The van der Waals surface area contributed by atoms with Crippen LogP contribution < -0.4 is 10.9 Å². The lowest BCUT2D eigenvalue weighted by Gasteiger charge is -2.14. The number of carbonyl (C=O) groups excluding carboxylic acids is 1. The van der Waals surface area contributed by atoms with Crippen molar-refractivity contribution in [1.29, 1.82) is 0 Å². The van der Waals surface area contributed by atoms with Crippen molar-refractivity contribution >= 4 is 34.4 Å². The average Bonchev–Trinajstić information content (AvgIpc) is 3.36. The number of halogens is 1. The Balaban J connectivity index is 1.43. The van der Waals surface area contributed by atoms with E-state index >= 15 is 0 Å². The van der Waals surface area contributed by atoms with Gasteiger partial charge >= 0.3 is 0 Å². The van der Waals surface area contributed by atoms with Gasteiger partial charge in [-0.1, -0.05) is 35.5 Å². The van der Waals surface area contributed by atoms with Crippen molar-refractivity contribution in [3.05, 3.63) is 76.0 Å². The van der Waals surface area contributed by atoms with Crippen LogP contribution in [0.4, 0.5) is 10.1 Å². The van der Waals surface area contributed by atoms with Crippen LogP contribution in [0, 0.1) is 19.7 Å². The van der Waals surface area contributed by atoms with Gasteiger partial charge in [-0.15, -0.1) is 0 Å². The van der Waals surface area contributed by atoms with Crippen LogP contribution in [0.25, 0.3) is 16.7 Å². The zero-order valence-corrected chi connectivity index (χ0v) is 18.3. The number of aryl methyl sites for hydroxylation is 2. The Bertz CT molecular complexity index is 1410. The molecule has 2 aromatic heterocycles. The third-order valence-corrected chi connectivity index (χ3v) is 6.62. The SMILES string of the molecule is Cc1ccc(-n2ncc3c(=O)n4c(nc32)SCC4CC(=O)Nc2ccc(C)c(F)c2)cc1. The Morgan fingerprint density at radius 2 is 2.00 bits per heavy atom. The first-order valence-corrected chi connectivity index (χ1v) is 11.2. The first kappa shape index (κ1) is 20.4. The summed E-state index contributed by atoms with van der Waals surface area (Å²) in [4.78, 5) is 30.5. The maximum absolute atomic E-state index is 13.8. The van der Waals surface area contributed by atoms with Crippen LogP contribution in [0.1, 0.15) is 23.6 Å². The molecule has 4 aromatic rings. The molecule has 9 heteroatoms. The standard InChI is InChI=1S/C23H20FN5O2S/c1-13-3-7-16(8-4-13)29-21-18(11-25-29)22(31)28-17(12-32-23(28)27-21)10-20(30)26-15-6-5-14(2)19(24)9-15/h3-9,11,17H,10,12H2,1-2H3,(H,26,30). The van der Waals surface area contributed by atoms with Gasteiger partial charge in [0, 0.05) is 17.9 Å². The van der Waals surface area contributed by atoms with Crippen molar-refractivity contribution in [2.75, 3.05) is 11.1 Å². The van der Waals surface area contributed by atoms with Gasteiger partial charge in [-0.2, -0.15) is 5.10 Å². The molecule has 5 rings (SSSR count). The molecule has 1 aliphatic heterocycles. The minimum absolute atomic E-state index is 0.0920. The first-order valence-electron chi connectivity index (χ1n) is 10.2. The maximum Gasteiger partial charge on any atom is 0.265 e. The van der Waals surface area contributed by atoms with E-state index in [-0.39, 0.29) is 29.7 Å². The molecule has 0 saturated carbocycles. The molecule has 32 heavy (non-hydrogen) atoms. The Morgan fingerprint density at radius 3 is 2.75 bits per heavy atom. The molecule has 7 nitrogen and oxygen atoms in total. The number of aromatic nitrogens is 4. The highest BCUT2D eigenvalue weighted by atomic mass is 32.2. The average molecular weight is 450 g/mol. The highest BCUT2D eigenvalue weighted by molar-refractivity contribution is 7.99.